The molecule has 0 saturated heterocycles. The second-order valence-corrected chi connectivity index (χ2v) is 15.4. The van der Waals surface area contributed by atoms with E-state index in [0.717, 1.165) is 0 Å². The maximum absolute atomic E-state index is 2.49. The molecule has 0 heteroatoms. The van der Waals surface area contributed by atoms with Crippen LogP contribution in [0, 0.1) is 0 Å². The first-order valence-corrected chi connectivity index (χ1v) is 19.9. The smallest absolute Gasteiger partial charge is 0.0622 e. The van der Waals surface area contributed by atoms with E-state index in [2.05, 4.69) is 218 Å². The van der Waals surface area contributed by atoms with Gasteiger partial charge >= 0.3 is 0 Å². The number of hydrogen-bond acceptors (Lipinski definition) is 0. The van der Waals surface area contributed by atoms with Crippen molar-refractivity contribution in [2.45, 2.75) is 5.41 Å². The van der Waals surface area contributed by atoms with Crippen LogP contribution in [0.25, 0.3) is 88.3 Å². The number of benzene rings is 10. The molecule has 264 valence electrons. The fourth-order valence-corrected chi connectivity index (χ4v) is 10.5. The first kappa shape index (κ1) is 32.0. The molecule has 1 spiro atoms. The molecule has 0 radical (unpaired) electrons. The highest BCUT2D eigenvalue weighted by atomic mass is 14.5. The maximum atomic E-state index is 2.49. The van der Waals surface area contributed by atoms with Crippen LogP contribution in [0.15, 0.2) is 218 Å². The number of rotatable bonds is 4. The summed E-state index contributed by atoms with van der Waals surface area (Å²) in [5.41, 5.74) is 20.3. The van der Waals surface area contributed by atoms with Crippen LogP contribution in [0.5, 0.6) is 0 Å². The van der Waals surface area contributed by atoms with E-state index in [-0.39, 0.29) is 5.41 Å². The predicted molar refractivity (Wildman–Crippen MR) is 239 cm³/mol. The summed E-state index contributed by atoms with van der Waals surface area (Å²) in [7, 11) is 0. The third kappa shape index (κ3) is 4.44. The van der Waals surface area contributed by atoms with Crippen molar-refractivity contribution in [1.82, 2.24) is 0 Å². The van der Waals surface area contributed by atoms with Crippen molar-refractivity contribution >= 4 is 21.5 Å². The normalized spacial score (nSPS) is 13.1. The van der Waals surface area contributed by atoms with Crippen LogP contribution in [0.3, 0.4) is 0 Å². The van der Waals surface area contributed by atoms with Crippen LogP contribution in [0.2, 0.25) is 0 Å². The summed E-state index contributed by atoms with van der Waals surface area (Å²) >= 11 is 0. The molecule has 0 saturated carbocycles. The third-order valence-corrected chi connectivity index (χ3v) is 12.7. The van der Waals surface area contributed by atoms with E-state index in [1.165, 1.54) is 111 Å². The molecule has 0 bridgehead atoms. The Labute approximate surface area is 333 Å². The van der Waals surface area contributed by atoms with Gasteiger partial charge in [0.15, 0.2) is 0 Å². The van der Waals surface area contributed by atoms with Crippen molar-refractivity contribution < 1.29 is 0 Å². The Morgan fingerprint density at radius 3 is 1.07 bits per heavy atom. The average molecular weight is 721 g/mol. The summed E-state index contributed by atoms with van der Waals surface area (Å²) in [5.74, 6) is 0. The van der Waals surface area contributed by atoms with Gasteiger partial charge in [0.25, 0.3) is 0 Å². The Bertz CT molecular complexity index is 3060. The molecule has 57 heavy (non-hydrogen) atoms. The van der Waals surface area contributed by atoms with E-state index >= 15 is 0 Å². The quantitative estimate of drug-likeness (QED) is 0.159. The van der Waals surface area contributed by atoms with Crippen LogP contribution in [-0.4, -0.2) is 0 Å². The van der Waals surface area contributed by atoms with E-state index in [1.807, 2.05) is 0 Å². The standard InChI is InChI=1S/C57H36/c1-3-18-37(19-4-1)40-29-17-30-41(38-20-5-2-6-21-38)55(40)56-47-27-9-7-25-45(47)54(46-26-8-10-28-48(46)56)39-34-35-53-49(36-39)44-24-13-16-33-52(44)57(53)50-31-14-11-22-42(50)43-23-12-15-32-51(43)57/h1-36H. The van der Waals surface area contributed by atoms with Crippen molar-refractivity contribution in [3.63, 3.8) is 0 Å². The molecular weight excluding hydrogens is 685 g/mol. The van der Waals surface area contributed by atoms with Crippen LogP contribution in [-0.2, 0) is 5.41 Å². The summed E-state index contributed by atoms with van der Waals surface area (Å²) in [6, 6.07) is 81.2. The van der Waals surface area contributed by atoms with Gasteiger partial charge in [-0.15, -0.1) is 0 Å². The largest absolute Gasteiger partial charge is 0.0725 e. The Hall–Kier alpha value is -7.28. The van der Waals surface area contributed by atoms with Gasteiger partial charge in [0.2, 0.25) is 0 Å². The Morgan fingerprint density at radius 1 is 0.211 bits per heavy atom. The van der Waals surface area contributed by atoms with Crippen molar-refractivity contribution in [2.75, 3.05) is 0 Å². The first-order chi connectivity index (χ1) is 28.3. The number of fused-ring (bicyclic) bond motifs is 12. The lowest BCUT2D eigenvalue weighted by Crippen LogP contribution is -2.25. The molecule has 0 nitrogen and oxygen atoms in total. The topological polar surface area (TPSA) is 0 Å². The molecular formula is C57H36. The molecule has 2 aliphatic rings. The average Bonchev–Trinajstić information content (AvgIpc) is 3.75. The van der Waals surface area contributed by atoms with E-state index < -0.39 is 0 Å². The number of hydrogen-bond donors (Lipinski definition) is 0. The van der Waals surface area contributed by atoms with E-state index in [0.29, 0.717) is 0 Å². The zero-order valence-corrected chi connectivity index (χ0v) is 31.3. The van der Waals surface area contributed by atoms with Gasteiger partial charge in [0, 0.05) is 0 Å². The fraction of sp³-hybridized carbons (Fsp3) is 0.0175. The van der Waals surface area contributed by atoms with Crippen LogP contribution in [0.1, 0.15) is 22.3 Å². The molecule has 0 aromatic heterocycles. The van der Waals surface area contributed by atoms with Crippen molar-refractivity contribution in [2.24, 2.45) is 0 Å². The minimum Gasteiger partial charge on any atom is -0.0622 e. The van der Waals surface area contributed by atoms with Crippen molar-refractivity contribution in [1.29, 1.82) is 0 Å². The molecule has 0 aliphatic heterocycles. The van der Waals surface area contributed by atoms with Gasteiger partial charge in [-0.25, -0.2) is 0 Å². The van der Waals surface area contributed by atoms with Crippen LogP contribution < -0.4 is 0 Å². The van der Waals surface area contributed by atoms with Crippen molar-refractivity contribution in [3.05, 3.63) is 241 Å². The Morgan fingerprint density at radius 2 is 0.579 bits per heavy atom. The van der Waals surface area contributed by atoms with Gasteiger partial charge < -0.3 is 0 Å². The molecule has 0 fully saturated rings. The molecule has 10 aromatic rings. The second kappa shape index (κ2) is 12.4. The van der Waals surface area contributed by atoms with Crippen molar-refractivity contribution in [3.8, 4) is 66.8 Å². The molecule has 0 amide bonds. The molecule has 0 heterocycles. The van der Waals surface area contributed by atoms with Crippen LogP contribution in [0.4, 0.5) is 0 Å². The van der Waals surface area contributed by atoms with E-state index in [1.54, 1.807) is 0 Å². The highest BCUT2D eigenvalue weighted by molar-refractivity contribution is 6.24. The highest BCUT2D eigenvalue weighted by Gasteiger charge is 2.51. The monoisotopic (exact) mass is 720 g/mol. The third-order valence-electron chi connectivity index (χ3n) is 12.7. The molecule has 10 aromatic carbocycles. The maximum Gasteiger partial charge on any atom is 0.0725 e. The highest BCUT2D eigenvalue weighted by Crippen LogP contribution is 2.63. The molecule has 2 aliphatic carbocycles. The minimum atomic E-state index is -0.360. The zero-order valence-electron chi connectivity index (χ0n) is 31.3. The van der Waals surface area contributed by atoms with E-state index in [9.17, 15) is 0 Å². The summed E-state index contributed by atoms with van der Waals surface area (Å²) in [6.07, 6.45) is 0. The lowest BCUT2D eigenvalue weighted by molar-refractivity contribution is 0.794. The zero-order chi connectivity index (χ0) is 37.5. The summed E-state index contributed by atoms with van der Waals surface area (Å²) in [5, 5.41) is 5.02. The predicted octanol–water partition coefficient (Wildman–Crippen LogP) is 15.0. The van der Waals surface area contributed by atoms with Gasteiger partial charge in [0.1, 0.15) is 0 Å². The Balaban J connectivity index is 1.16. The van der Waals surface area contributed by atoms with Gasteiger partial charge in [-0.3, -0.25) is 0 Å². The summed E-state index contributed by atoms with van der Waals surface area (Å²) in [6.45, 7) is 0. The first-order valence-electron chi connectivity index (χ1n) is 19.9. The van der Waals surface area contributed by atoms with Gasteiger partial charge in [-0.2, -0.15) is 0 Å². The lowest BCUT2D eigenvalue weighted by Gasteiger charge is -2.30. The van der Waals surface area contributed by atoms with Crippen LogP contribution >= 0.6 is 0 Å². The lowest BCUT2D eigenvalue weighted by atomic mass is 9.70. The molecule has 12 rings (SSSR count). The van der Waals surface area contributed by atoms with Gasteiger partial charge in [-0.05, 0) is 117 Å². The minimum absolute atomic E-state index is 0.360. The van der Waals surface area contributed by atoms with Gasteiger partial charge in [0.05, 0.1) is 5.41 Å². The van der Waals surface area contributed by atoms with Gasteiger partial charge in [-0.1, -0.05) is 212 Å². The SMILES string of the molecule is c1ccc(-c2cccc(-c3ccccc3)c2-c2c3ccccc3c(-c3ccc4c(c3)-c3ccccc3C43c4ccccc4-c4ccccc43)c3ccccc23)cc1. The summed E-state index contributed by atoms with van der Waals surface area (Å²) in [4.78, 5) is 0. The molecule has 0 atom stereocenters. The molecule has 0 N–H and O–H groups in total. The summed E-state index contributed by atoms with van der Waals surface area (Å²) < 4.78 is 0. The Kier molecular flexibility index (Phi) is 6.94. The molecule has 0 unspecified atom stereocenters. The fourth-order valence-electron chi connectivity index (χ4n) is 10.5. The second-order valence-electron chi connectivity index (χ2n) is 15.4. The van der Waals surface area contributed by atoms with E-state index in [4.69, 9.17) is 0 Å².